The summed E-state index contributed by atoms with van der Waals surface area (Å²) in [5.74, 6) is -1.28. The van der Waals surface area contributed by atoms with Crippen molar-refractivity contribution >= 4 is 28.8 Å². The highest BCUT2D eigenvalue weighted by Crippen LogP contribution is 2.10. The number of nitrogens with two attached hydrogens (primary N) is 1. The van der Waals surface area contributed by atoms with E-state index in [1.54, 1.807) is 24.3 Å². The van der Waals surface area contributed by atoms with Crippen LogP contribution in [0.5, 0.6) is 0 Å². The molecule has 0 heterocycles. The summed E-state index contributed by atoms with van der Waals surface area (Å²) >= 11 is 0. The zero-order valence-electron chi connectivity index (χ0n) is 8.20. The summed E-state index contributed by atoms with van der Waals surface area (Å²) in [4.78, 5) is 22.0. The molecule has 78 valence electrons. The lowest BCUT2D eigenvalue weighted by Crippen LogP contribution is -2.27. The molecular weight excluding hydrogens is 194 g/mol. The smallest absolute Gasteiger partial charge is 0.277 e. The van der Waals surface area contributed by atoms with Crippen LogP contribution < -0.4 is 11.1 Å². The fraction of sp³-hybridized carbons (Fsp3) is 0.100. The molecule has 1 aromatic rings. The predicted octanol–water partition coefficient (Wildman–Crippen LogP) is 0.816. The maximum Gasteiger partial charge on any atom is 0.277 e. The minimum absolute atomic E-state index is 0.500. The highest BCUT2D eigenvalue weighted by atomic mass is 16.2. The topological polar surface area (TPSA) is 96.0 Å². The monoisotopic (exact) mass is 205 g/mol. The molecule has 0 aliphatic carbocycles. The lowest BCUT2D eigenvalue weighted by molar-refractivity contribution is -0.114. The quantitative estimate of drug-likeness (QED) is 0.387. The normalized spacial score (nSPS) is 9.40. The molecule has 0 unspecified atom stereocenters. The first-order chi connectivity index (χ1) is 7.00. The summed E-state index contributed by atoms with van der Waals surface area (Å²) in [6, 6.07) is 6.43. The van der Waals surface area contributed by atoms with E-state index >= 15 is 0 Å². The van der Waals surface area contributed by atoms with Crippen molar-refractivity contribution in [3.8, 4) is 0 Å². The Morgan fingerprint density at radius 3 is 2.27 bits per heavy atom. The minimum Gasteiger partial charge on any atom is -0.399 e. The molecule has 0 saturated carbocycles. The summed E-state index contributed by atoms with van der Waals surface area (Å²) in [5, 5.41) is 9.57. The van der Waals surface area contributed by atoms with E-state index in [4.69, 9.17) is 11.1 Å². The fourth-order valence-electron chi connectivity index (χ4n) is 0.920. The van der Waals surface area contributed by atoms with Crippen molar-refractivity contribution in [2.45, 2.75) is 6.92 Å². The SMILES string of the molecule is CC(=O)C(=N)C(=O)Nc1ccc(N)cc1. The summed E-state index contributed by atoms with van der Waals surface area (Å²) in [6.45, 7) is 1.17. The van der Waals surface area contributed by atoms with Crippen LogP contribution in [0.25, 0.3) is 0 Å². The molecule has 0 aromatic heterocycles. The number of hydrogen-bond donors (Lipinski definition) is 3. The number of Topliss-reactive ketones (excluding diaryl/α,β-unsaturated/α-hetero) is 1. The predicted molar refractivity (Wildman–Crippen MR) is 57.9 cm³/mol. The average molecular weight is 205 g/mol. The first-order valence-corrected chi connectivity index (χ1v) is 4.27. The van der Waals surface area contributed by atoms with Crippen LogP contribution in [0.4, 0.5) is 11.4 Å². The number of hydrogen-bond acceptors (Lipinski definition) is 4. The number of nitrogen functional groups attached to an aromatic ring is 1. The van der Waals surface area contributed by atoms with Crippen LogP contribution in [0.2, 0.25) is 0 Å². The standard InChI is InChI=1S/C10H11N3O2/c1-6(14)9(12)10(15)13-8-4-2-7(11)3-5-8/h2-5,12H,11H2,1H3,(H,13,15). The van der Waals surface area contributed by atoms with Gasteiger partial charge in [0, 0.05) is 18.3 Å². The summed E-state index contributed by atoms with van der Waals surface area (Å²) < 4.78 is 0. The molecule has 1 aromatic carbocycles. The van der Waals surface area contributed by atoms with Gasteiger partial charge in [-0.15, -0.1) is 0 Å². The van der Waals surface area contributed by atoms with Gasteiger partial charge in [-0.1, -0.05) is 0 Å². The molecule has 1 amide bonds. The largest absolute Gasteiger partial charge is 0.399 e. The molecule has 5 heteroatoms. The molecular formula is C10H11N3O2. The van der Waals surface area contributed by atoms with Gasteiger partial charge in [-0.25, -0.2) is 0 Å². The Bertz CT molecular complexity index is 409. The second kappa shape index (κ2) is 4.36. The lowest BCUT2D eigenvalue weighted by Gasteiger charge is -2.04. The Labute approximate surface area is 86.8 Å². The van der Waals surface area contributed by atoms with Gasteiger partial charge in [-0.05, 0) is 24.3 Å². The van der Waals surface area contributed by atoms with Crippen molar-refractivity contribution in [2.24, 2.45) is 0 Å². The Hall–Kier alpha value is -2.17. The third-order valence-corrected chi connectivity index (χ3v) is 1.75. The van der Waals surface area contributed by atoms with Crippen LogP contribution in [-0.4, -0.2) is 17.4 Å². The number of amides is 1. The van der Waals surface area contributed by atoms with Crippen LogP contribution in [0.3, 0.4) is 0 Å². The molecule has 0 atom stereocenters. The van der Waals surface area contributed by atoms with Crippen LogP contribution in [-0.2, 0) is 9.59 Å². The van der Waals surface area contributed by atoms with Gasteiger partial charge in [-0.2, -0.15) is 0 Å². The van der Waals surface area contributed by atoms with E-state index in [2.05, 4.69) is 5.32 Å². The van der Waals surface area contributed by atoms with Crippen molar-refractivity contribution in [2.75, 3.05) is 11.1 Å². The molecule has 0 radical (unpaired) electrons. The van der Waals surface area contributed by atoms with E-state index in [0.29, 0.717) is 11.4 Å². The molecule has 0 bridgehead atoms. The fourth-order valence-corrected chi connectivity index (χ4v) is 0.920. The number of benzene rings is 1. The van der Waals surface area contributed by atoms with Crippen molar-refractivity contribution < 1.29 is 9.59 Å². The average Bonchev–Trinajstić information content (AvgIpc) is 2.20. The van der Waals surface area contributed by atoms with Crippen LogP contribution in [0.15, 0.2) is 24.3 Å². The van der Waals surface area contributed by atoms with Crippen LogP contribution in [0, 0.1) is 5.41 Å². The number of carbonyl (C=O) groups excluding carboxylic acids is 2. The maximum absolute atomic E-state index is 11.3. The first-order valence-electron chi connectivity index (χ1n) is 4.27. The van der Waals surface area contributed by atoms with Crippen molar-refractivity contribution in [3.63, 3.8) is 0 Å². The number of rotatable bonds is 3. The molecule has 0 aliphatic rings. The van der Waals surface area contributed by atoms with Gasteiger partial charge < -0.3 is 11.1 Å². The van der Waals surface area contributed by atoms with E-state index in [0.717, 1.165) is 0 Å². The van der Waals surface area contributed by atoms with Gasteiger partial charge >= 0.3 is 0 Å². The van der Waals surface area contributed by atoms with Gasteiger partial charge in [0.2, 0.25) is 0 Å². The van der Waals surface area contributed by atoms with Crippen LogP contribution >= 0.6 is 0 Å². The maximum atomic E-state index is 11.3. The molecule has 5 nitrogen and oxygen atoms in total. The Morgan fingerprint density at radius 1 is 1.27 bits per heavy atom. The Kier molecular flexibility index (Phi) is 3.17. The van der Waals surface area contributed by atoms with Gasteiger partial charge in [0.15, 0.2) is 11.5 Å². The van der Waals surface area contributed by atoms with E-state index < -0.39 is 17.4 Å². The second-order valence-corrected chi connectivity index (χ2v) is 3.01. The number of nitrogens with one attached hydrogen (secondary N) is 2. The molecule has 15 heavy (non-hydrogen) atoms. The Morgan fingerprint density at radius 2 is 1.80 bits per heavy atom. The molecule has 0 fully saturated rings. The van der Waals surface area contributed by atoms with E-state index in [9.17, 15) is 9.59 Å². The molecule has 1 rings (SSSR count). The highest BCUT2D eigenvalue weighted by molar-refractivity contribution is 6.66. The highest BCUT2D eigenvalue weighted by Gasteiger charge is 2.13. The van der Waals surface area contributed by atoms with E-state index in [-0.39, 0.29) is 0 Å². The summed E-state index contributed by atoms with van der Waals surface area (Å²) in [5.41, 5.74) is 5.97. The number of anilines is 2. The minimum atomic E-state index is -0.715. The lowest BCUT2D eigenvalue weighted by atomic mass is 10.2. The third-order valence-electron chi connectivity index (χ3n) is 1.75. The van der Waals surface area contributed by atoms with Gasteiger partial charge in [0.25, 0.3) is 5.91 Å². The number of ketones is 1. The first kappa shape index (κ1) is 10.9. The summed E-state index contributed by atoms with van der Waals surface area (Å²) in [7, 11) is 0. The van der Waals surface area contributed by atoms with Crippen LogP contribution in [0.1, 0.15) is 6.92 Å². The molecule has 0 aliphatic heterocycles. The van der Waals surface area contributed by atoms with Crippen molar-refractivity contribution in [1.82, 2.24) is 0 Å². The Balaban J connectivity index is 2.71. The van der Waals surface area contributed by atoms with Gasteiger partial charge in [-0.3, -0.25) is 15.0 Å². The van der Waals surface area contributed by atoms with Gasteiger partial charge in [0.05, 0.1) is 0 Å². The van der Waals surface area contributed by atoms with Crippen molar-refractivity contribution in [3.05, 3.63) is 24.3 Å². The molecule has 0 saturated heterocycles. The number of carbonyl (C=O) groups is 2. The van der Waals surface area contributed by atoms with Crippen molar-refractivity contribution in [1.29, 1.82) is 5.41 Å². The second-order valence-electron chi connectivity index (χ2n) is 3.01. The zero-order chi connectivity index (χ0) is 11.4. The molecule has 4 N–H and O–H groups in total. The summed E-state index contributed by atoms with van der Waals surface area (Å²) in [6.07, 6.45) is 0. The third kappa shape index (κ3) is 2.91. The van der Waals surface area contributed by atoms with E-state index in [1.807, 2.05) is 0 Å². The molecule has 0 spiro atoms. The van der Waals surface area contributed by atoms with E-state index in [1.165, 1.54) is 6.92 Å². The zero-order valence-corrected chi connectivity index (χ0v) is 8.20. The van der Waals surface area contributed by atoms with Gasteiger partial charge in [0.1, 0.15) is 0 Å².